The van der Waals surface area contributed by atoms with Crippen LogP contribution in [0.5, 0.6) is 5.75 Å². The summed E-state index contributed by atoms with van der Waals surface area (Å²) in [6.07, 6.45) is 4.47. The van der Waals surface area contributed by atoms with E-state index in [1.165, 1.54) is 16.0 Å². The van der Waals surface area contributed by atoms with Crippen LogP contribution in [0.4, 0.5) is 5.69 Å². The summed E-state index contributed by atoms with van der Waals surface area (Å²) >= 11 is 0. The molecular weight excluding hydrogens is 222 g/mol. The van der Waals surface area contributed by atoms with E-state index in [-0.39, 0.29) is 0 Å². The van der Waals surface area contributed by atoms with Gasteiger partial charge in [-0.05, 0) is 52.0 Å². The van der Waals surface area contributed by atoms with E-state index in [2.05, 4.69) is 45.9 Å². The molecule has 0 saturated carbocycles. The predicted molar refractivity (Wildman–Crippen MR) is 77.3 cm³/mol. The average Bonchev–Trinajstić information content (AvgIpc) is 2.28. The van der Waals surface area contributed by atoms with Gasteiger partial charge < -0.3 is 5.11 Å². The molecule has 1 aromatic rings. The van der Waals surface area contributed by atoms with E-state index in [0.717, 1.165) is 18.8 Å². The van der Waals surface area contributed by atoms with Gasteiger partial charge in [0.1, 0.15) is 24.5 Å². The van der Waals surface area contributed by atoms with Crippen molar-refractivity contribution in [2.45, 2.75) is 27.7 Å². The molecule has 0 aliphatic rings. The summed E-state index contributed by atoms with van der Waals surface area (Å²) in [7, 11) is 0. The van der Waals surface area contributed by atoms with Crippen LogP contribution in [-0.4, -0.2) is 18.2 Å². The summed E-state index contributed by atoms with van der Waals surface area (Å²) in [5.41, 5.74) is 3.78. The second-order valence-electron chi connectivity index (χ2n) is 5.13. The Morgan fingerprint density at radius 2 is 1.61 bits per heavy atom. The predicted octanol–water partition coefficient (Wildman–Crippen LogP) is 2.84. The standard InChI is InChI=1S/C16H23NO/c1-13(2)8-10-17(11-9-14(3)4)15-6-5-7-16(18)12-15/h5-9,12,18H,10-11H2,1-4H3/p+1. The van der Waals surface area contributed by atoms with Crippen molar-refractivity contribution in [3.8, 4) is 5.75 Å². The number of quaternary nitrogens is 1. The summed E-state index contributed by atoms with van der Waals surface area (Å²) in [5, 5.41) is 9.57. The summed E-state index contributed by atoms with van der Waals surface area (Å²) in [4.78, 5) is 1.34. The molecule has 0 amide bonds. The fourth-order valence-corrected chi connectivity index (χ4v) is 1.70. The van der Waals surface area contributed by atoms with Gasteiger partial charge in [0.2, 0.25) is 0 Å². The number of allylic oxidation sites excluding steroid dienone is 2. The van der Waals surface area contributed by atoms with Crippen LogP contribution in [0.3, 0.4) is 0 Å². The van der Waals surface area contributed by atoms with E-state index < -0.39 is 0 Å². The quantitative estimate of drug-likeness (QED) is 0.767. The van der Waals surface area contributed by atoms with Gasteiger partial charge in [0, 0.05) is 6.07 Å². The maximum absolute atomic E-state index is 9.57. The zero-order valence-electron chi connectivity index (χ0n) is 11.8. The smallest absolute Gasteiger partial charge is 0.135 e. The van der Waals surface area contributed by atoms with Crippen LogP contribution >= 0.6 is 0 Å². The van der Waals surface area contributed by atoms with Crippen molar-refractivity contribution in [2.75, 3.05) is 13.1 Å². The number of phenols is 1. The molecule has 0 aliphatic heterocycles. The number of rotatable bonds is 5. The number of phenolic OH excluding ortho intramolecular Hbond substituents is 1. The average molecular weight is 246 g/mol. The molecule has 1 rings (SSSR count). The van der Waals surface area contributed by atoms with Crippen LogP contribution in [0, 0.1) is 0 Å². The first-order valence-corrected chi connectivity index (χ1v) is 6.40. The van der Waals surface area contributed by atoms with Gasteiger partial charge in [0.15, 0.2) is 0 Å². The Kier molecular flexibility index (Phi) is 5.66. The number of aromatic hydroxyl groups is 1. The molecule has 98 valence electrons. The first kappa shape index (κ1) is 14.5. The van der Waals surface area contributed by atoms with Crippen LogP contribution in [0.2, 0.25) is 0 Å². The molecule has 0 heterocycles. The van der Waals surface area contributed by atoms with Crippen LogP contribution < -0.4 is 4.90 Å². The molecule has 2 N–H and O–H groups in total. The minimum absolute atomic E-state index is 0.333. The van der Waals surface area contributed by atoms with E-state index in [9.17, 15) is 5.11 Å². The van der Waals surface area contributed by atoms with Crippen molar-refractivity contribution in [3.63, 3.8) is 0 Å². The highest BCUT2D eigenvalue weighted by molar-refractivity contribution is 5.37. The first-order valence-electron chi connectivity index (χ1n) is 6.40. The highest BCUT2D eigenvalue weighted by Crippen LogP contribution is 2.11. The van der Waals surface area contributed by atoms with Crippen molar-refractivity contribution < 1.29 is 10.0 Å². The highest BCUT2D eigenvalue weighted by atomic mass is 16.3. The maximum atomic E-state index is 9.57. The summed E-state index contributed by atoms with van der Waals surface area (Å²) in [6.45, 7) is 10.3. The third-order valence-corrected chi connectivity index (χ3v) is 2.77. The Balaban J connectivity index is 2.89. The van der Waals surface area contributed by atoms with Gasteiger partial charge in [-0.2, -0.15) is 0 Å². The molecular formula is C16H24NO+. The van der Waals surface area contributed by atoms with Crippen molar-refractivity contribution in [2.24, 2.45) is 0 Å². The maximum Gasteiger partial charge on any atom is 0.135 e. The van der Waals surface area contributed by atoms with Crippen LogP contribution in [0.25, 0.3) is 0 Å². The van der Waals surface area contributed by atoms with E-state index >= 15 is 0 Å². The zero-order chi connectivity index (χ0) is 13.5. The lowest BCUT2D eigenvalue weighted by atomic mass is 10.2. The minimum Gasteiger partial charge on any atom is -0.508 e. The lowest BCUT2D eigenvalue weighted by Crippen LogP contribution is -3.06. The van der Waals surface area contributed by atoms with Crippen LogP contribution in [0.15, 0.2) is 47.6 Å². The van der Waals surface area contributed by atoms with Gasteiger partial charge in [0.05, 0.1) is 0 Å². The zero-order valence-corrected chi connectivity index (χ0v) is 11.8. The number of hydrogen-bond acceptors (Lipinski definition) is 1. The van der Waals surface area contributed by atoms with Crippen molar-refractivity contribution in [3.05, 3.63) is 47.6 Å². The second-order valence-corrected chi connectivity index (χ2v) is 5.13. The van der Waals surface area contributed by atoms with Gasteiger partial charge in [-0.3, -0.25) is 4.90 Å². The van der Waals surface area contributed by atoms with E-state index in [4.69, 9.17) is 0 Å². The van der Waals surface area contributed by atoms with Crippen LogP contribution in [0.1, 0.15) is 27.7 Å². The summed E-state index contributed by atoms with van der Waals surface area (Å²) in [6, 6.07) is 7.51. The molecule has 2 heteroatoms. The van der Waals surface area contributed by atoms with Crippen molar-refractivity contribution >= 4 is 5.69 Å². The molecule has 1 aromatic carbocycles. The monoisotopic (exact) mass is 246 g/mol. The SMILES string of the molecule is CC(C)=CC[NH+](CC=C(C)C)c1cccc(O)c1. The normalized spacial score (nSPS) is 10.3. The third-order valence-electron chi connectivity index (χ3n) is 2.77. The lowest BCUT2D eigenvalue weighted by Gasteiger charge is -2.16. The number of benzene rings is 1. The van der Waals surface area contributed by atoms with Gasteiger partial charge >= 0.3 is 0 Å². The largest absolute Gasteiger partial charge is 0.508 e. The molecule has 18 heavy (non-hydrogen) atoms. The Labute approximate surface area is 110 Å². The number of hydrogen-bond donors (Lipinski definition) is 2. The molecule has 0 spiro atoms. The molecule has 0 fully saturated rings. The molecule has 0 bridgehead atoms. The Hall–Kier alpha value is -1.54. The molecule has 0 aliphatic carbocycles. The van der Waals surface area contributed by atoms with Crippen LogP contribution in [-0.2, 0) is 0 Å². The third kappa shape index (κ3) is 5.19. The van der Waals surface area contributed by atoms with E-state index in [1.54, 1.807) is 6.07 Å². The molecule has 0 aromatic heterocycles. The molecule has 0 atom stereocenters. The Morgan fingerprint density at radius 3 is 2.06 bits per heavy atom. The first-order chi connectivity index (χ1) is 8.49. The Bertz CT molecular complexity index is 418. The highest BCUT2D eigenvalue weighted by Gasteiger charge is 2.09. The second kappa shape index (κ2) is 7.02. The Morgan fingerprint density at radius 1 is 1.06 bits per heavy atom. The molecule has 0 radical (unpaired) electrons. The summed E-state index contributed by atoms with van der Waals surface area (Å²) < 4.78 is 0. The van der Waals surface area contributed by atoms with Gasteiger partial charge in [0.25, 0.3) is 0 Å². The molecule has 2 nitrogen and oxygen atoms in total. The number of nitrogens with one attached hydrogen (secondary N) is 1. The molecule has 0 unspecified atom stereocenters. The molecule has 0 saturated heterocycles. The van der Waals surface area contributed by atoms with Crippen molar-refractivity contribution in [1.82, 2.24) is 0 Å². The van der Waals surface area contributed by atoms with E-state index in [1.807, 2.05) is 12.1 Å². The minimum atomic E-state index is 0.333. The topological polar surface area (TPSA) is 24.7 Å². The van der Waals surface area contributed by atoms with E-state index in [0.29, 0.717) is 5.75 Å². The summed E-state index contributed by atoms with van der Waals surface area (Å²) in [5.74, 6) is 0.333. The van der Waals surface area contributed by atoms with Crippen molar-refractivity contribution in [1.29, 1.82) is 0 Å². The fraction of sp³-hybridized carbons (Fsp3) is 0.375. The van der Waals surface area contributed by atoms with Gasteiger partial charge in [-0.25, -0.2) is 0 Å². The fourth-order valence-electron chi connectivity index (χ4n) is 1.70. The lowest BCUT2D eigenvalue weighted by molar-refractivity contribution is -0.819. The van der Waals surface area contributed by atoms with Gasteiger partial charge in [-0.15, -0.1) is 0 Å². The van der Waals surface area contributed by atoms with Gasteiger partial charge in [-0.1, -0.05) is 17.2 Å².